The van der Waals surface area contributed by atoms with E-state index in [-0.39, 0.29) is 6.04 Å². The minimum absolute atomic E-state index is 0.125. The fourth-order valence-corrected chi connectivity index (χ4v) is 2.55. The zero-order valence-electron chi connectivity index (χ0n) is 11.7. The zero-order valence-corrected chi connectivity index (χ0v) is 13.2. The van der Waals surface area contributed by atoms with Gasteiger partial charge in [0, 0.05) is 10.0 Å². The summed E-state index contributed by atoms with van der Waals surface area (Å²) in [6, 6.07) is 12.6. The molecule has 0 saturated carbocycles. The fourth-order valence-electron chi connectivity index (χ4n) is 2.08. The van der Waals surface area contributed by atoms with Gasteiger partial charge in [0.15, 0.2) is 0 Å². The highest BCUT2D eigenvalue weighted by molar-refractivity contribution is 6.33. The van der Waals surface area contributed by atoms with Gasteiger partial charge in [0.05, 0.1) is 24.4 Å². The van der Waals surface area contributed by atoms with Crippen molar-refractivity contribution in [3.05, 3.63) is 57.6 Å². The average molecular weight is 321 g/mol. The topological polar surface area (TPSA) is 45.0 Å². The second kappa shape index (κ2) is 6.71. The van der Waals surface area contributed by atoms with E-state index in [4.69, 9.17) is 27.9 Å². The smallest absolute Gasteiger partial charge is 0.143 e. The number of halogens is 2. The molecule has 3 nitrogen and oxygen atoms in total. The van der Waals surface area contributed by atoms with E-state index in [2.05, 4.69) is 11.4 Å². The molecule has 2 aromatic carbocycles. The summed E-state index contributed by atoms with van der Waals surface area (Å²) in [6.45, 7) is 1.95. The molecule has 0 heterocycles. The van der Waals surface area contributed by atoms with Crippen molar-refractivity contribution in [2.45, 2.75) is 13.0 Å². The molecule has 1 N–H and O–H groups in total. The van der Waals surface area contributed by atoms with Gasteiger partial charge in [-0.2, -0.15) is 5.26 Å². The number of benzene rings is 2. The molecule has 1 unspecified atom stereocenters. The van der Waals surface area contributed by atoms with Gasteiger partial charge in [-0.3, -0.25) is 0 Å². The van der Waals surface area contributed by atoms with Crippen molar-refractivity contribution in [1.82, 2.24) is 0 Å². The summed E-state index contributed by atoms with van der Waals surface area (Å²) in [4.78, 5) is 0. The molecule has 108 valence electrons. The fraction of sp³-hybridized carbons (Fsp3) is 0.188. The van der Waals surface area contributed by atoms with Crippen molar-refractivity contribution in [3.8, 4) is 11.8 Å². The van der Waals surface area contributed by atoms with Crippen molar-refractivity contribution in [3.63, 3.8) is 0 Å². The molecule has 1 atom stereocenters. The summed E-state index contributed by atoms with van der Waals surface area (Å²) >= 11 is 12.2. The number of ether oxygens (including phenoxy) is 1. The van der Waals surface area contributed by atoms with Gasteiger partial charge < -0.3 is 10.1 Å². The molecule has 0 saturated heterocycles. The Kier molecular flexibility index (Phi) is 4.95. The summed E-state index contributed by atoms with van der Waals surface area (Å²) in [7, 11) is 1.57. The quantitative estimate of drug-likeness (QED) is 0.857. The Bertz CT molecular complexity index is 695. The van der Waals surface area contributed by atoms with Gasteiger partial charge >= 0.3 is 0 Å². The van der Waals surface area contributed by atoms with Crippen LogP contribution in [0.2, 0.25) is 10.0 Å². The van der Waals surface area contributed by atoms with Crippen LogP contribution >= 0.6 is 23.2 Å². The van der Waals surface area contributed by atoms with Gasteiger partial charge in [-0.15, -0.1) is 0 Å². The molecule has 0 radical (unpaired) electrons. The number of nitrogens with one attached hydrogen (secondary N) is 1. The number of methoxy groups -OCH3 is 1. The Labute approximate surface area is 134 Å². The number of nitrogens with zero attached hydrogens (tertiary/aromatic N) is 1. The lowest BCUT2D eigenvalue weighted by Gasteiger charge is -2.20. The molecule has 0 aliphatic rings. The third-order valence-corrected chi connectivity index (χ3v) is 3.73. The molecular weight excluding hydrogens is 307 g/mol. The largest absolute Gasteiger partial charge is 0.495 e. The first-order chi connectivity index (χ1) is 10.1. The number of hydrogen-bond donors (Lipinski definition) is 1. The van der Waals surface area contributed by atoms with E-state index >= 15 is 0 Å². The molecule has 0 aromatic heterocycles. The second-order valence-electron chi connectivity index (χ2n) is 4.53. The summed E-state index contributed by atoms with van der Waals surface area (Å²) in [6.07, 6.45) is 0. The van der Waals surface area contributed by atoms with Gasteiger partial charge in [0.1, 0.15) is 11.8 Å². The van der Waals surface area contributed by atoms with E-state index in [0.717, 1.165) is 5.56 Å². The number of rotatable bonds is 4. The Morgan fingerprint density at radius 1 is 1.24 bits per heavy atom. The summed E-state index contributed by atoms with van der Waals surface area (Å²) < 4.78 is 5.31. The van der Waals surface area contributed by atoms with Crippen LogP contribution in [-0.4, -0.2) is 7.11 Å². The minimum Gasteiger partial charge on any atom is -0.495 e. The number of nitriles is 1. The molecular formula is C16H14Cl2N2O. The Morgan fingerprint density at radius 2 is 2.00 bits per heavy atom. The maximum absolute atomic E-state index is 9.23. The van der Waals surface area contributed by atoms with Gasteiger partial charge in [0.25, 0.3) is 0 Å². The first-order valence-corrected chi connectivity index (χ1v) is 7.11. The predicted molar refractivity (Wildman–Crippen MR) is 86.2 cm³/mol. The third-order valence-electron chi connectivity index (χ3n) is 3.15. The monoisotopic (exact) mass is 320 g/mol. The van der Waals surface area contributed by atoms with E-state index < -0.39 is 0 Å². The summed E-state index contributed by atoms with van der Waals surface area (Å²) in [5.74, 6) is 0.610. The van der Waals surface area contributed by atoms with Crippen LogP contribution in [0.15, 0.2) is 36.4 Å². The van der Waals surface area contributed by atoms with Gasteiger partial charge in [0.2, 0.25) is 0 Å². The van der Waals surface area contributed by atoms with Crippen molar-refractivity contribution >= 4 is 28.9 Å². The molecule has 5 heteroatoms. The lowest BCUT2D eigenvalue weighted by molar-refractivity contribution is 0.416. The summed E-state index contributed by atoms with van der Waals surface area (Å²) in [5, 5.41) is 13.7. The van der Waals surface area contributed by atoms with E-state index in [1.54, 1.807) is 37.4 Å². The van der Waals surface area contributed by atoms with Crippen LogP contribution in [0.4, 0.5) is 5.69 Å². The molecule has 0 aliphatic heterocycles. The van der Waals surface area contributed by atoms with Crippen LogP contribution < -0.4 is 10.1 Å². The third kappa shape index (κ3) is 3.41. The highest BCUT2D eigenvalue weighted by Gasteiger charge is 2.15. The zero-order chi connectivity index (χ0) is 15.4. The Morgan fingerprint density at radius 3 is 2.67 bits per heavy atom. The first kappa shape index (κ1) is 15.5. The van der Waals surface area contributed by atoms with Crippen LogP contribution in [0, 0.1) is 11.3 Å². The molecule has 21 heavy (non-hydrogen) atoms. The molecule has 0 amide bonds. The van der Waals surface area contributed by atoms with Crippen molar-refractivity contribution in [2.24, 2.45) is 0 Å². The predicted octanol–water partition coefficient (Wildman–Crippen LogP) is 5.05. The van der Waals surface area contributed by atoms with Gasteiger partial charge in [-0.25, -0.2) is 0 Å². The standard InChI is InChI=1S/C16H14Cl2N2O/c1-10(13-8-12(17)6-7-14(13)18)20-16-11(9-19)4-3-5-15(16)21-2/h3-8,10,20H,1-2H3. The highest BCUT2D eigenvalue weighted by Crippen LogP contribution is 2.34. The van der Waals surface area contributed by atoms with Crippen LogP contribution in [-0.2, 0) is 0 Å². The first-order valence-electron chi connectivity index (χ1n) is 6.35. The van der Waals surface area contributed by atoms with E-state index in [1.807, 2.05) is 13.0 Å². The Balaban J connectivity index is 2.38. The molecule has 0 bridgehead atoms. The minimum atomic E-state index is -0.125. The summed E-state index contributed by atoms with van der Waals surface area (Å²) in [5.41, 5.74) is 2.02. The molecule has 0 spiro atoms. The molecule has 2 aromatic rings. The Hall–Kier alpha value is -1.89. The van der Waals surface area contributed by atoms with Crippen molar-refractivity contribution < 1.29 is 4.74 Å². The normalized spacial score (nSPS) is 11.6. The lowest BCUT2D eigenvalue weighted by Crippen LogP contribution is -2.09. The number of hydrogen-bond acceptors (Lipinski definition) is 3. The van der Waals surface area contributed by atoms with Crippen molar-refractivity contribution in [1.29, 1.82) is 5.26 Å². The van der Waals surface area contributed by atoms with Gasteiger partial charge in [-0.1, -0.05) is 29.3 Å². The van der Waals surface area contributed by atoms with Crippen molar-refractivity contribution in [2.75, 3.05) is 12.4 Å². The molecule has 0 aliphatic carbocycles. The molecule has 2 rings (SSSR count). The van der Waals surface area contributed by atoms with Crippen LogP contribution in [0.3, 0.4) is 0 Å². The number of para-hydroxylation sites is 1. The maximum Gasteiger partial charge on any atom is 0.143 e. The van der Waals surface area contributed by atoms with Crippen LogP contribution in [0.1, 0.15) is 24.1 Å². The molecule has 0 fully saturated rings. The SMILES string of the molecule is COc1cccc(C#N)c1NC(C)c1cc(Cl)ccc1Cl. The van der Waals surface area contributed by atoms with Crippen LogP contribution in [0.25, 0.3) is 0 Å². The highest BCUT2D eigenvalue weighted by atomic mass is 35.5. The average Bonchev–Trinajstić information content (AvgIpc) is 2.49. The van der Waals surface area contributed by atoms with E-state index in [1.165, 1.54) is 0 Å². The lowest BCUT2D eigenvalue weighted by atomic mass is 10.1. The maximum atomic E-state index is 9.23. The van der Waals surface area contributed by atoms with Crippen LogP contribution in [0.5, 0.6) is 5.75 Å². The van der Waals surface area contributed by atoms with E-state index in [9.17, 15) is 5.26 Å². The number of anilines is 1. The van der Waals surface area contributed by atoms with E-state index in [0.29, 0.717) is 27.0 Å². The van der Waals surface area contributed by atoms with Gasteiger partial charge in [-0.05, 0) is 42.8 Å². The second-order valence-corrected chi connectivity index (χ2v) is 5.37.